The number of pyridine rings is 1. The maximum atomic E-state index is 13.4. The lowest BCUT2D eigenvalue weighted by molar-refractivity contribution is -0.121. The molecule has 0 saturated heterocycles. The summed E-state index contributed by atoms with van der Waals surface area (Å²) in [5, 5.41) is 2.92. The van der Waals surface area contributed by atoms with Crippen molar-refractivity contribution < 1.29 is 14.0 Å². The predicted octanol–water partition coefficient (Wildman–Crippen LogP) is 3.94. The van der Waals surface area contributed by atoms with Crippen LogP contribution in [0.1, 0.15) is 39.6 Å². The third kappa shape index (κ3) is 3.87. The Morgan fingerprint density at radius 1 is 1.14 bits per heavy atom. The van der Waals surface area contributed by atoms with Gasteiger partial charge in [0.15, 0.2) is 0 Å². The van der Waals surface area contributed by atoms with Crippen molar-refractivity contribution in [2.24, 2.45) is 0 Å². The fourth-order valence-corrected chi connectivity index (χ4v) is 3.61. The molecular weight excluding hydrogens is 369 g/mol. The van der Waals surface area contributed by atoms with Crippen LogP contribution in [0.15, 0.2) is 66.9 Å². The Hall–Kier alpha value is -3.54. The number of hydrogen-bond acceptors (Lipinski definition) is 3. The number of carbonyl (C=O) groups is 2. The van der Waals surface area contributed by atoms with Crippen LogP contribution in [-0.4, -0.2) is 16.8 Å². The molecule has 4 rings (SSSR count). The zero-order chi connectivity index (χ0) is 20.4. The van der Waals surface area contributed by atoms with E-state index in [1.54, 1.807) is 18.3 Å². The molecule has 1 N–H and O–H groups in total. The van der Waals surface area contributed by atoms with Crippen molar-refractivity contribution >= 4 is 17.5 Å². The van der Waals surface area contributed by atoms with Gasteiger partial charge in [0, 0.05) is 18.4 Å². The van der Waals surface area contributed by atoms with E-state index in [0.717, 1.165) is 11.1 Å². The van der Waals surface area contributed by atoms with Gasteiger partial charge in [0.2, 0.25) is 5.91 Å². The second-order valence-corrected chi connectivity index (χ2v) is 7.07. The molecule has 2 heterocycles. The van der Waals surface area contributed by atoms with E-state index in [-0.39, 0.29) is 24.1 Å². The van der Waals surface area contributed by atoms with Gasteiger partial charge in [-0.3, -0.25) is 19.5 Å². The minimum atomic E-state index is -0.540. The minimum Gasteiger partial charge on any atom is -0.352 e. The maximum Gasteiger partial charge on any atom is 0.260 e. The van der Waals surface area contributed by atoms with Crippen LogP contribution in [0.4, 0.5) is 10.1 Å². The Bertz CT molecular complexity index is 1070. The Morgan fingerprint density at radius 2 is 1.93 bits per heavy atom. The van der Waals surface area contributed by atoms with Crippen LogP contribution in [0.2, 0.25) is 0 Å². The fraction of sp³-hybridized carbons (Fsp3) is 0.174. The van der Waals surface area contributed by atoms with Crippen LogP contribution >= 0.6 is 0 Å². The quantitative estimate of drug-likeness (QED) is 0.719. The number of carbonyl (C=O) groups excluding carboxylic acids is 2. The summed E-state index contributed by atoms with van der Waals surface area (Å²) < 4.78 is 13.4. The van der Waals surface area contributed by atoms with E-state index in [4.69, 9.17) is 0 Å². The Balaban J connectivity index is 1.56. The predicted molar refractivity (Wildman–Crippen MR) is 108 cm³/mol. The topological polar surface area (TPSA) is 62.3 Å². The van der Waals surface area contributed by atoms with Crippen molar-refractivity contribution in [3.8, 4) is 0 Å². The smallest absolute Gasteiger partial charge is 0.260 e. The van der Waals surface area contributed by atoms with E-state index in [1.165, 1.54) is 29.2 Å². The molecule has 0 spiro atoms. The molecule has 0 bridgehead atoms. The highest BCUT2D eigenvalue weighted by molar-refractivity contribution is 6.11. The number of amides is 2. The number of nitrogens with zero attached hydrogens (tertiary/aromatic N) is 2. The number of rotatable bonds is 5. The molecule has 0 fully saturated rings. The molecule has 29 heavy (non-hydrogen) atoms. The van der Waals surface area contributed by atoms with E-state index in [0.29, 0.717) is 23.5 Å². The molecular formula is C23H20FN3O2. The van der Waals surface area contributed by atoms with Gasteiger partial charge in [-0.15, -0.1) is 0 Å². The lowest BCUT2D eigenvalue weighted by Gasteiger charge is -2.24. The number of anilines is 1. The Kier molecular flexibility index (Phi) is 5.08. The van der Waals surface area contributed by atoms with Crippen LogP contribution < -0.4 is 10.2 Å². The Labute approximate surface area is 168 Å². The molecule has 0 radical (unpaired) electrons. The SMILES string of the molecule is Cc1cccc(CNC(=O)C[C@@H]2c3ncccc3C(=O)N2c2ccc(F)cc2)c1. The second kappa shape index (κ2) is 7.83. The van der Waals surface area contributed by atoms with Gasteiger partial charge >= 0.3 is 0 Å². The van der Waals surface area contributed by atoms with Crippen LogP contribution in [-0.2, 0) is 11.3 Å². The number of halogens is 1. The van der Waals surface area contributed by atoms with Crippen molar-refractivity contribution in [1.82, 2.24) is 10.3 Å². The van der Waals surface area contributed by atoms with Crippen LogP contribution in [0, 0.1) is 12.7 Å². The molecule has 5 nitrogen and oxygen atoms in total. The summed E-state index contributed by atoms with van der Waals surface area (Å²) >= 11 is 0. The molecule has 2 amide bonds. The first kappa shape index (κ1) is 18.8. The molecule has 0 aliphatic carbocycles. The summed E-state index contributed by atoms with van der Waals surface area (Å²) in [6, 6.07) is 16.4. The normalized spacial score (nSPS) is 15.3. The number of nitrogens with one attached hydrogen (secondary N) is 1. The molecule has 3 aromatic rings. The van der Waals surface area contributed by atoms with E-state index in [1.807, 2.05) is 31.2 Å². The summed E-state index contributed by atoms with van der Waals surface area (Å²) in [6.45, 7) is 2.41. The lowest BCUT2D eigenvalue weighted by Crippen LogP contribution is -2.33. The van der Waals surface area contributed by atoms with E-state index in [2.05, 4.69) is 10.3 Å². The molecule has 1 atom stereocenters. The number of aromatic nitrogens is 1. The van der Waals surface area contributed by atoms with Gasteiger partial charge in [0.05, 0.1) is 23.7 Å². The first-order valence-electron chi connectivity index (χ1n) is 9.39. The summed E-state index contributed by atoms with van der Waals surface area (Å²) in [5.41, 5.74) is 3.69. The third-order valence-electron chi connectivity index (χ3n) is 4.97. The van der Waals surface area contributed by atoms with Crippen molar-refractivity contribution in [1.29, 1.82) is 0 Å². The first-order chi connectivity index (χ1) is 14.0. The number of hydrogen-bond donors (Lipinski definition) is 1. The largest absolute Gasteiger partial charge is 0.352 e. The van der Waals surface area contributed by atoms with Gasteiger partial charge in [0.25, 0.3) is 5.91 Å². The molecule has 1 aliphatic rings. The highest BCUT2D eigenvalue weighted by Crippen LogP contribution is 2.38. The van der Waals surface area contributed by atoms with Crippen molar-refractivity contribution in [3.05, 3.63) is 95.1 Å². The van der Waals surface area contributed by atoms with Gasteiger partial charge in [-0.25, -0.2) is 4.39 Å². The first-order valence-corrected chi connectivity index (χ1v) is 9.39. The van der Waals surface area contributed by atoms with Gasteiger partial charge < -0.3 is 5.32 Å². The summed E-state index contributed by atoms with van der Waals surface area (Å²) in [5.74, 6) is -0.811. The minimum absolute atomic E-state index is 0.0684. The Morgan fingerprint density at radius 3 is 2.69 bits per heavy atom. The molecule has 1 aromatic heterocycles. The van der Waals surface area contributed by atoms with Crippen molar-refractivity contribution in [2.45, 2.75) is 25.9 Å². The number of fused-ring (bicyclic) bond motifs is 1. The molecule has 1 aliphatic heterocycles. The van der Waals surface area contributed by atoms with Gasteiger partial charge in [-0.2, -0.15) is 0 Å². The van der Waals surface area contributed by atoms with Gasteiger partial charge in [-0.1, -0.05) is 29.8 Å². The van der Waals surface area contributed by atoms with Gasteiger partial charge in [0.1, 0.15) is 5.82 Å². The fourth-order valence-electron chi connectivity index (χ4n) is 3.61. The van der Waals surface area contributed by atoms with Gasteiger partial charge in [-0.05, 0) is 48.9 Å². The van der Waals surface area contributed by atoms with Crippen molar-refractivity contribution in [2.75, 3.05) is 4.90 Å². The molecule has 6 heteroatoms. The van der Waals surface area contributed by atoms with Crippen LogP contribution in [0.3, 0.4) is 0 Å². The lowest BCUT2D eigenvalue weighted by atomic mass is 10.1. The summed E-state index contributed by atoms with van der Waals surface area (Å²) in [7, 11) is 0. The molecule has 2 aromatic carbocycles. The molecule has 146 valence electrons. The molecule has 0 saturated carbocycles. The highest BCUT2D eigenvalue weighted by atomic mass is 19.1. The van der Waals surface area contributed by atoms with E-state index >= 15 is 0 Å². The zero-order valence-corrected chi connectivity index (χ0v) is 15.9. The number of benzene rings is 2. The van der Waals surface area contributed by atoms with E-state index < -0.39 is 6.04 Å². The zero-order valence-electron chi connectivity index (χ0n) is 15.9. The summed E-state index contributed by atoms with van der Waals surface area (Å²) in [4.78, 5) is 31.5. The highest BCUT2D eigenvalue weighted by Gasteiger charge is 2.39. The number of aryl methyl sites for hydroxylation is 1. The standard InChI is InChI=1S/C23H20FN3O2/c1-15-4-2-5-16(12-15)14-26-21(28)13-20-22-19(6-3-11-25-22)23(29)27(20)18-9-7-17(24)8-10-18/h2-12,20H,13-14H2,1H3,(H,26,28)/t20-/m1/s1. The maximum absolute atomic E-state index is 13.4. The third-order valence-corrected chi connectivity index (χ3v) is 4.97. The average Bonchev–Trinajstić information content (AvgIpc) is 2.99. The van der Waals surface area contributed by atoms with E-state index in [9.17, 15) is 14.0 Å². The van der Waals surface area contributed by atoms with Crippen molar-refractivity contribution in [3.63, 3.8) is 0 Å². The van der Waals surface area contributed by atoms with Crippen LogP contribution in [0.25, 0.3) is 0 Å². The summed E-state index contributed by atoms with van der Waals surface area (Å²) in [6.07, 6.45) is 1.68. The monoisotopic (exact) mass is 389 g/mol. The molecule has 0 unspecified atom stereocenters. The second-order valence-electron chi connectivity index (χ2n) is 7.07. The average molecular weight is 389 g/mol. The van der Waals surface area contributed by atoms with Crippen LogP contribution in [0.5, 0.6) is 0 Å².